The number of rotatable bonds is 6. The van der Waals surface area contributed by atoms with Gasteiger partial charge in [-0.05, 0) is 36.6 Å². The molecule has 1 aromatic carbocycles. The molecule has 0 aromatic heterocycles. The van der Waals surface area contributed by atoms with Crippen LogP contribution in [-0.2, 0) is 16.3 Å². The van der Waals surface area contributed by atoms with Gasteiger partial charge in [0.15, 0.2) is 9.84 Å². The fraction of sp³-hybridized carbons (Fsp3) is 0.538. The summed E-state index contributed by atoms with van der Waals surface area (Å²) < 4.78 is 22.6. The summed E-state index contributed by atoms with van der Waals surface area (Å²) in [6.45, 7) is 4.25. The van der Waals surface area contributed by atoms with Crippen LogP contribution in [0.25, 0.3) is 0 Å². The highest BCUT2D eigenvalue weighted by molar-refractivity contribution is 7.90. The van der Waals surface area contributed by atoms with Crippen LogP contribution >= 0.6 is 0 Å². The van der Waals surface area contributed by atoms with Gasteiger partial charge in [-0.1, -0.05) is 12.1 Å². The van der Waals surface area contributed by atoms with Crippen molar-refractivity contribution in [1.29, 1.82) is 0 Å². The largest absolute Gasteiger partial charge is 0.316 e. The van der Waals surface area contributed by atoms with Crippen LogP contribution in [0.1, 0.15) is 5.56 Å². The van der Waals surface area contributed by atoms with E-state index in [-0.39, 0.29) is 0 Å². The standard InChI is InChI=1S/C13H20N2O2S/c1-18(16,17)13-4-2-11(3-5-13)6-7-14-8-12-9-15-10-12/h2-5,12,14-15H,6-10H2,1H3. The SMILES string of the molecule is CS(=O)(=O)c1ccc(CCNCC2CNC2)cc1. The molecule has 2 N–H and O–H groups in total. The molecule has 0 atom stereocenters. The van der Waals surface area contributed by atoms with Crippen LogP contribution in [0.5, 0.6) is 0 Å². The Morgan fingerprint density at radius 1 is 1.28 bits per heavy atom. The third-order valence-electron chi connectivity index (χ3n) is 3.24. The molecule has 0 spiro atoms. The van der Waals surface area contributed by atoms with Crippen molar-refractivity contribution in [2.45, 2.75) is 11.3 Å². The molecular weight excluding hydrogens is 248 g/mol. The molecule has 1 fully saturated rings. The lowest BCUT2D eigenvalue weighted by atomic mass is 10.0. The van der Waals surface area contributed by atoms with Crippen LogP contribution in [0, 0.1) is 5.92 Å². The monoisotopic (exact) mass is 268 g/mol. The maximum atomic E-state index is 11.3. The third kappa shape index (κ3) is 3.80. The second-order valence-corrected chi connectivity index (χ2v) is 6.91. The van der Waals surface area contributed by atoms with Gasteiger partial charge in [0, 0.05) is 25.9 Å². The van der Waals surface area contributed by atoms with Gasteiger partial charge in [-0.2, -0.15) is 0 Å². The molecule has 0 bridgehead atoms. The number of hydrogen-bond acceptors (Lipinski definition) is 4. The van der Waals surface area contributed by atoms with Gasteiger partial charge in [-0.3, -0.25) is 0 Å². The average molecular weight is 268 g/mol. The highest BCUT2D eigenvalue weighted by Crippen LogP contribution is 2.10. The molecule has 1 heterocycles. The Balaban J connectivity index is 1.75. The fourth-order valence-corrected chi connectivity index (χ4v) is 2.57. The zero-order valence-electron chi connectivity index (χ0n) is 10.6. The summed E-state index contributed by atoms with van der Waals surface area (Å²) in [6.07, 6.45) is 2.17. The molecular formula is C13H20N2O2S. The van der Waals surface area contributed by atoms with Crippen LogP contribution in [0.2, 0.25) is 0 Å². The summed E-state index contributed by atoms with van der Waals surface area (Å²) in [5, 5.41) is 6.67. The summed E-state index contributed by atoms with van der Waals surface area (Å²) in [4.78, 5) is 0.389. The van der Waals surface area contributed by atoms with E-state index >= 15 is 0 Å². The quantitative estimate of drug-likeness (QED) is 0.735. The van der Waals surface area contributed by atoms with E-state index in [0.717, 1.165) is 38.5 Å². The average Bonchev–Trinajstić information content (AvgIpc) is 2.26. The van der Waals surface area contributed by atoms with Gasteiger partial charge in [0.25, 0.3) is 0 Å². The maximum absolute atomic E-state index is 11.3. The molecule has 18 heavy (non-hydrogen) atoms. The Hall–Kier alpha value is -0.910. The van der Waals surface area contributed by atoms with E-state index < -0.39 is 9.84 Å². The lowest BCUT2D eigenvalue weighted by molar-refractivity contribution is 0.333. The third-order valence-corrected chi connectivity index (χ3v) is 4.37. The predicted molar refractivity (Wildman–Crippen MR) is 72.5 cm³/mol. The zero-order chi connectivity index (χ0) is 13.0. The van der Waals surface area contributed by atoms with Crippen molar-refractivity contribution in [2.75, 3.05) is 32.4 Å². The van der Waals surface area contributed by atoms with Crippen LogP contribution < -0.4 is 10.6 Å². The normalized spacial score (nSPS) is 16.5. The molecule has 1 aliphatic rings. The van der Waals surface area contributed by atoms with E-state index in [1.807, 2.05) is 12.1 Å². The maximum Gasteiger partial charge on any atom is 0.175 e. The number of sulfone groups is 1. The summed E-state index contributed by atoms with van der Waals surface area (Å²) in [6, 6.07) is 7.15. The highest BCUT2D eigenvalue weighted by atomic mass is 32.2. The summed E-state index contributed by atoms with van der Waals surface area (Å²) in [7, 11) is -3.07. The molecule has 0 radical (unpaired) electrons. The highest BCUT2D eigenvalue weighted by Gasteiger charge is 2.15. The molecule has 4 nitrogen and oxygen atoms in total. The van der Waals surface area contributed by atoms with Crippen molar-refractivity contribution in [3.05, 3.63) is 29.8 Å². The molecule has 0 amide bonds. The molecule has 2 rings (SSSR count). The Labute approximate surface area is 109 Å². The molecule has 5 heteroatoms. The van der Waals surface area contributed by atoms with E-state index in [2.05, 4.69) is 10.6 Å². The van der Waals surface area contributed by atoms with E-state index in [1.165, 1.54) is 11.8 Å². The Bertz CT molecular complexity index is 478. The van der Waals surface area contributed by atoms with Gasteiger partial charge in [-0.15, -0.1) is 0 Å². The van der Waals surface area contributed by atoms with Crippen LogP contribution in [0.15, 0.2) is 29.2 Å². The van der Waals surface area contributed by atoms with E-state index in [4.69, 9.17) is 0 Å². The molecule has 1 aliphatic heterocycles. The lowest BCUT2D eigenvalue weighted by Gasteiger charge is -2.27. The number of benzene rings is 1. The van der Waals surface area contributed by atoms with Gasteiger partial charge in [0.05, 0.1) is 4.90 Å². The van der Waals surface area contributed by atoms with Crippen molar-refractivity contribution >= 4 is 9.84 Å². The van der Waals surface area contributed by atoms with Gasteiger partial charge >= 0.3 is 0 Å². The van der Waals surface area contributed by atoms with Crippen molar-refractivity contribution < 1.29 is 8.42 Å². The van der Waals surface area contributed by atoms with E-state index in [0.29, 0.717) is 4.90 Å². The molecule has 1 aromatic rings. The van der Waals surface area contributed by atoms with E-state index in [9.17, 15) is 8.42 Å². The molecule has 1 saturated heterocycles. The zero-order valence-corrected chi connectivity index (χ0v) is 11.5. The van der Waals surface area contributed by atoms with Gasteiger partial charge in [-0.25, -0.2) is 8.42 Å². The molecule has 100 valence electrons. The minimum absolute atomic E-state index is 0.389. The topological polar surface area (TPSA) is 58.2 Å². The Kier molecular flexibility index (Phi) is 4.37. The smallest absolute Gasteiger partial charge is 0.175 e. The Morgan fingerprint density at radius 3 is 2.44 bits per heavy atom. The molecule has 0 unspecified atom stereocenters. The lowest BCUT2D eigenvalue weighted by Crippen LogP contribution is -2.47. The van der Waals surface area contributed by atoms with E-state index in [1.54, 1.807) is 12.1 Å². The van der Waals surface area contributed by atoms with Crippen LogP contribution in [-0.4, -0.2) is 40.9 Å². The Morgan fingerprint density at radius 2 is 1.94 bits per heavy atom. The molecule has 0 aliphatic carbocycles. The first-order valence-corrected chi connectivity index (χ1v) is 8.15. The summed E-state index contributed by atoms with van der Waals surface area (Å²) in [5.41, 5.74) is 1.17. The van der Waals surface area contributed by atoms with Crippen LogP contribution in [0.4, 0.5) is 0 Å². The second kappa shape index (κ2) is 5.82. The first-order valence-electron chi connectivity index (χ1n) is 6.26. The van der Waals surface area contributed by atoms with Crippen molar-refractivity contribution in [2.24, 2.45) is 5.92 Å². The second-order valence-electron chi connectivity index (χ2n) is 4.89. The fourth-order valence-electron chi connectivity index (χ4n) is 1.94. The predicted octanol–water partition coefficient (Wildman–Crippen LogP) is 0.442. The van der Waals surface area contributed by atoms with Crippen molar-refractivity contribution in [1.82, 2.24) is 10.6 Å². The summed E-state index contributed by atoms with van der Waals surface area (Å²) in [5.74, 6) is 0.776. The van der Waals surface area contributed by atoms with Gasteiger partial charge < -0.3 is 10.6 Å². The van der Waals surface area contributed by atoms with Crippen LogP contribution in [0.3, 0.4) is 0 Å². The molecule has 0 saturated carbocycles. The minimum Gasteiger partial charge on any atom is -0.316 e. The van der Waals surface area contributed by atoms with Crippen molar-refractivity contribution in [3.63, 3.8) is 0 Å². The van der Waals surface area contributed by atoms with Crippen molar-refractivity contribution in [3.8, 4) is 0 Å². The van der Waals surface area contributed by atoms with Gasteiger partial charge in [0.2, 0.25) is 0 Å². The summed E-state index contributed by atoms with van der Waals surface area (Å²) >= 11 is 0. The number of hydrogen-bond donors (Lipinski definition) is 2. The number of nitrogens with one attached hydrogen (secondary N) is 2. The van der Waals surface area contributed by atoms with Gasteiger partial charge in [0.1, 0.15) is 0 Å². The first-order chi connectivity index (χ1) is 8.55. The first kappa shape index (κ1) is 13.5. The minimum atomic E-state index is -3.07.